The maximum atomic E-state index is 11.9. The second-order valence-electron chi connectivity index (χ2n) is 5.54. The van der Waals surface area contributed by atoms with E-state index in [2.05, 4.69) is 20.8 Å². The Bertz CT molecular complexity index is 250. The Hall–Kier alpha value is -0.610. The molecule has 1 aliphatic rings. The van der Waals surface area contributed by atoms with Crippen LogP contribution >= 0.6 is 0 Å². The Balaban J connectivity index is 2.59. The standard InChI is InChI=1S/C13H24O4/c1-8(2)10-5-4-9(3)6-11(10)13(16)17-7-12(14)15/h8-12,14-15H,4-7H2,1-3H3/t9-,10+,11-/m1/s1. The monoisotopic (exact) mass is 244 g/mol. The third kappa shape index (κ3) is 4.28. The van der Waals surface area contributed by atoms with Crippen LogP contribution in [0, 0.1) is 23.7 Å². The lowest BCUT2D eigenvalue weighted by atomic mass is 9.70. The third-order valence-electron chi connectivity index (χ3n) is 3.70. The molecule has 4 nitrogen and oxygen atoms in total. The number of carbonyl (C=O) groups is 1. The van der Waals surface area contributed by atoms with Gasteiger partial charge in [0.15, 0.2) is 6.29 Å². The number of aliphatic hydroxyl groups excluding tert-OH is 1. The molecule has 17 heavy (non-hydrogen) atoms. The molecule has 2 N–H and O–H groups in total. The largest absolute Gasteiger partial charge is 0.460 e. The van der Waals surface area contributed by atoms with Crippen molar-refractivity contribution in [2.24, 2.45) is 23.7 Å². The van der Waals surface area contributed by atoms with E-state index in [1.165, 1.54) is 0 Å². The molecule has 0 aromatic heterocycles. The summed E-state index contributed by atoms with van der Waals surface area (Å²) in [4.78, 5) is 11.9. The number of ether oxygens (including phenoxy) is 1. The van der Waals surface area contributed by atoms with Crippen molar-refractivity contribution in [3.63, 3.8) is 0 Å². The predicted molar refractivity (Wildman–Crippen MR) is 64.0 cm³/mol. The van der Waals surface area contributed by atoms with Gasteiger partial charge in [-0.3, -0.25) is 4.79 Å². The highest BCUT2D eigenvalue weighted by molar-refractivity contribution is 5.73. The number of hydrogen-bond acceptors (Lipinski definition) is 4. The van der Waals surface area contributed by atoms with Crippen molar-refractivity contribution >= 4 is 5.97 Å². The molecule has 1 rings (SSSR count). The second-order valence-corrected chi connectivity index (χ2v) is 5.54. The molecular formula is C13H24O4. The minimum Gasteiger partial charge on any atom is -0.460 e. The maximum absolute atomic E-state index is 11.9. The van der Waals surface area contributed by atoms with E-state index in [1.54, 1.807) is 0 Å². The van der Waals surface area contributed by atoms with E-state index in [9.17, 15) is 4.79 Å². The molecule has 0 heterocycles. The van der Waals surface area contributed by atoms with Crippen LogP contribution in [0.5, 0.6) is 0 Å². The van der Waals surface area contributed by atoms with E-state index in [1.807, 2.05) is 0 Å². The molecule has 0 amide bonds. The predicted octanol–water partition coefficient (Wildman–Crippen LogP) is 1.55. The fourth-order valence-electron chi connectivity index (χ4n) is 2.74. The van der Waals surface area contributed by atoms with Crippen LogP contribution in [0.1, 0.15) is 40.0 Å². The molecular weight excluding hydrogens is 220 g/mol. The summed E-state index contributed by atoms with van der Waals surface area (Å²) in [5, 5.41) is 17.4. The Labute approximate surface area is 103 Å². The van der Waals surface area contributed by atoms with Gasteiger partial charge < -0.3 is 14.9 Å². The lowest BCUT2D eigenvalue weighted by Gasteiger charge is -2.35. The molecule has 100 valence electrons. The molecule has 1 fully saturated rings. The summed E-state index contributed by atoms with van der Waals surface area (Å²) >= 11 is 0. The van der Waals surface area contributed by atoms with Gasteiger partial charge in [0.05, 0.1) is 5.92 Å². The van der Waals surface area contributed by atoms with Crippen molar-refractivity contribution in [2.75, 3.05) is 6.61 Å². The van der Waals surface area contributed by atoms with Gasteiger partial charge in [0.2, 0.25) is 0 Å². The Morgan fingerprint density at radius 2 is 2.00 bits per heavy atom. The minimum absolute atomic E-state index is 0.0856. The molecule has 0 bridgehead atoms. The van der Waals surface area contributed by atoms with Crippen LogP contribution in [0.15, 0.2) is 0 Å². The van der Waals surface area contributed by atoms with Gasteiger partial charge in [0.25, 0.3) is 0 Å². The van der Waals surface area contributed by atoms with E-state index < -0.39 is 6.29 Å². The van der Waals surface area contributed by atoms with Crippen LogP contribution in [0.2, 0.25) is 0 Å². The maximum Gasteiger partial charge on any atom is 0.309 e. The highest BCUT2D eigenvalue weighted by atomic mass is 16.6. The van der Waals surface area contributed by atoms with E-state index in [-0.39, 0.29) is 18.5 Å². The topological polar surface area (TPSA) is 66.8 Å². The van der Waals surface area contributed by atoms with Gasteiger partial charge in [-0.2, -0.15) is 0 Å². The van der Waals surface area contributed by atoms with Gasteiger partial charge in [-0.1, -0.05) is 27.2 Å². The van der Waals surface area contributed by atoms with E-state index >= 15 is 0 Å². The first-order valence-corrected chi connectivity index (χ1v) is 6.44. The molecule has 0 saturated heterocycles. The molecule has 0 unspecified atom stereocenters. The summed E-state index contributed by atoms with van der Waals surface area (Å²) in [7, 11) is 0. The summed E-state index contributed by atoms with van der Waals surface area (Å²) in [6.07, 6.45) is 1.50. The average molecular weight is 244 g/mol. The minimum atomic E-state index is -1.57. The zero-order chi connectivity index (χ0) is 13.0. The smallest absolute Gasteiger partial charge is 0.309 e. The Morgan fingerprint density at radius 3 is 2.53 bits per heavy atom. The molecule has 0 aliphatic heterocycles. The molecule has 1 saturated carbocycles. The first-order chi connectivity index (χ1) is 7.91. The van der Waals surface area contributed by atoms with Crippen LogP contribution < -0.4 is 0 Å². The molecule has 0 spiro atoms. The molecule has 4 heteroatoms. The van der Waals surface area contributed by atoms with E-state index in [4.69, 9.17) is 14.9 Å². The van der Waals surface area contributed by atoms with Crippen molar-refractivity contribution < 1.29 is 19.7 Å². The van der Waals surface area contributed by atoms with Crippen molar-refractivity contribution in [3.8, 4) is 0 Å². The average Bonchev–Trinajstić information content (AvgIpc) is 2.25. The number of rotatable bonds is 4. The highest BCUT2D eigenvalue weighted by Crippen LogP contribution is 2.38. The number of aliphatic hydroxyl groups is 2. The SMILES string of the molecule is CC(C)[C@@H]1CC[C@@H](C)C[C@H]1C(=O)OCC(O)O. The molecule has 3 atom stereocenters. The van der Waals surface area contributed by atoms with Gasteiger partial charge in [0.1, 0.15) is 6.61 Å². The Kier molecular flexibility index (Phi) is 5.40. The zero-order valence-electron chi connectivity index (χ0n) is 10.9. The molecule has 1 aliphatic carbocycles. The second kappa shape index (κ2) is 6.36. The lowest BCUT2D eigenvalue weighted by Crippen LogP contribution is -2.35. The van der Waals surface area contributed by atoms with Crippen molar-refractivity contribution in [1.29, 1.82) is 0 Å². The van der Waals surface area contributed by atoms with Crippen molar-refractivity contribution in [3.05, 3.63) is 0 Å². The summed E-state index contributed by atoms with van der Waals surface area (Å²) < 4.78 is 4.93. The number of esters is 1. The first-order valence-electron chi connectivity index (χ1n) is 6.44. The Morgan fingerprint density at radius 1 is 1.35 bits per heavy atom. The summed E-state index contributed by atoms with van der Waals surface area (Å²) in [5.74, 6) is 0.996. The fraction of sp³-hybridized carbons (Fsp3) is 0.923. The van der Waals surface area contributed by atoms with Crippen LogP contribution in [0.25, 0.3) is 0 Å². The third-order valence-corrected chi connectivity index (χ3v) is 3.70. The first kappa shape index (κ1) is 14.5. The fourth-order valence-corrected chi connectivity index (χ4v) is 2.74. The molecule has 0 aromatic rings. The van der Waals surface area contributed by atoms with Crippen LogP contribution in [0.3, 0.4) is 0 Å². The van der Waals surface area contributed by atoms with Gasteiger partial charge in [0, 0.05) is 0 Å². The molecule has 0 aromatic carbocycles. The quantitative estimate of drug-likeness (QED) is 0.581. The number of carbonyl (C=O) groups excluding carboxylic acids is 1. The van der Waals surface area contributed by atoms with E-state index in [0.717, 1.165) is 19.3 Å². The van der Waals surface area contributed by atoms with Gasteiger partial charge in [-0.05, 0) is 30.6 Å². The van der Waals surface area contributed by atoms with Gasteiger partial charge >= 0.3 is 5.97 Å². The van der Waals surface area contributed by atoms with Crippen LogP contribution in [-0.2, 0) is 9.53 Å². The summed E-state index contributed by atoms with van der Waals surface area (Å²) in [5.41, 5.74) is 0. The van der Waals surface area contributed by atoms with E-state index in [0.29, 0.717) is 17.8 Å². The van der Waals surface area contributed by atoms with Gasteiger partial charge in [-0.15, -0.1) is 0 Å². The highest BCUT2D eigenvalue weighted by Gasteiger charge is 2.36. The normalized spacial score (nSPS) is 29.7. The summed E-state index contributed by atoms with van der Waals surface area (Å²) in [6, 6.07) is 0. The van der Waals surface area contributed by atoms with Crippen LogP contribution in [-0.4, -0.2) is 29.1 Å². The lowest BCUT2D eigenvalue weighted by molar-refractivity contribution is -0.165. The van der Waals surface area contributed by atoms with Gasteiger partial charge in [-0.25, -0.2) is 0 Å². The number of hydrogen-bond donors (Lipinski definition) is 2. The van der Waals surface area contributed by atoms with Crippen molar-refractivity contribution in [1.82, 2.24) is 0 Å². The van der Waals surface area contributed by atoms with Crippen LogP contribution in [0.4, 0.5) is 0 Å². The summed E-state index contributed by atoms with van der Waals surface area (Å²) in [6.45, 7) is 6.08. The molecule has 0 radical (unpaired) electrons. The zero-order valence-corrected chi connectivity index (χ0v) is 10.9. The van der Waals surface area contributed by atoms with Crippen molar-refractivity contribution in [2.45, 2.75) is 46.3 Å².